The van der Waals surface area contributed by atoms with Crippen LogP contribution in [0.15, 0.2) is 24.3 Å². The first-order valence-electron chi connectivity index (χ1n) is 7.16. The number of fused-ring (bicyclic) bond motifs is 1. The molecule has 130 valence electrons. The van der Waals surface area contributed by atoms with Gasteiger partial charge < -0.3 is 15.6 Å². The average molecular weight is 379 g/mol. The van der Waals surface area contributed by atoms with Gasteiger partial charge in [0, 0.05) is 6.54 Å². The summed E-state index contributed by atoms with van der Waals surface area (Å²) in [5.41, 5.74) is 7.40. The van der Waals surface area contributed by atoms with Gasteiger partial charge in [-0.15, -0.1) is 24.8 Å². The molecule has 1 amide bonds. The maximum Gasteiger partial charge on any atom is 0.240 e. The van der Waals surface area contributed by atoms with Crippen molar-refractivity contribution in [3.05, 3.63) is 30.1 Å². The van der Waals surface area contributed by atoms with Crippen molar-refractivity contribution in [3.8, 4) is 0 Å². The summed E-state index contributed by atoms with van der Waals surface area (Å²) in [6.45, 7) is 1.67. The lowest BCUT2D eigenvalue weighted by Crippen LogP contribution is -2.29. The number of carbonyl (C=O) groups excluding carboxylic acids is 1. The van der Waals surface area contributed by atoms with Gasteiger partial charge in [-0.2, -0.15) is 11.8 Å². The fraction of sp³-hybridized carbons (Fsp3) is 0.467. The Morgan fingerprint density at radius 1 is 1.30 bits per heavy atom. The van der Waals surface area contributed by atoms with E-state index in [1.54, 1.807) is 11.8 Å². The zero-order chi connectivity index (χ0) is 15.1. The summed E-state index contributed by atoms with van der Waals surface area (Å²) in [6.07, 6.45) is 3.90. The topological polar surface area (TPSA) is 72.9 Å². The third-order valence-corrected chi connectivity index (χ3v) is 3.81. The SMILES string of the molecule is CSCc1nc2ccccc2n1CC(=O)NCCCCN.Cl.Cl. The fourth-order valence-corrected chi connectivity index (χ4v) is 2.72. The van der Waals surface area contributed by atoms with Crippen LogP contribution in [-0.2, 0) is 17.1 Å². The molecule has 0 aliphatic carbocycles. The van der Waals surface area contributed by atoms with Crippen LogP contribution in [0.1, 0.15) is 18.7 Å². The number of hydrogen-bond acceptors (Lipinski definition) is 4. The Bertz CT molecular complexity index is 606. The van der Waals surface area contributed by atoms with E-state index in [4.69, 9.17) is 5.73 Å². The summed E-state index contributed by atoms with van der Waals surface area (Å²) in [7, 11) is 0. The second-order valence-corrected chi connectivity index (χ2v) is 5.75. The van der Waals surface area contributed by atoms with Crippen LogP contribution in [0.4, 0.5) is 0 Å². The van der Waals surface area contributed by atoms with E-state index in [9.17, 15) is 4.79 Å². The number of hydrogen-bond donors (Lipinski definition) is 2. The average Bonchev–Trinajstić information content (AvgIpc) is 2.82. The van der Waals surface area contributed by atoms with E-state index >= 15 is 0 Å². The minimum Gasteiger partial charge on any atom is -0.355 e. The molecule has 0 fully saturated rings. The maximum absolute atomic E-state index is 12.1. The Hall–Kier alpha value is -0.950. The van der Waals surface area contributed by atoms with E-state index in [2.05, 4.69) is 10.3 Å². The Morgan fingerprint density at radius 3 is 2.74 bits per heavy atom. The highest BCUT2D eigenvalue weighted by Gasteiger charge is 2.12. The zero-order valence-corrected chi connectivity index (χ0v) is 15.6. The van der Waals surface area contributed by atoms with Gasteiger partial charge in [0.15, 0.2) is 0 Å². The van der Waals surface area contributed by atoms with Gasteiger partial charge in [0.2, 0.25) is 5.91 Å². The Labute approximate surface area is 153 Å². The lowest BCUT2D eigenvalue weighted by molar-refractivity contribution is -0.121. The summed E-state index contributed by atoms with van der Waals surface area (Å²) in [4.78, 5) is 16.7. The molecule has 8 heteroatoms. The van der Waals surface area contributed by atoms with Crippen molar-refractivity contribution in [2.24, 2.45) is 5.73 Å². The molecule has 1 aromatic carbocycles. The number of amides is 1. The van der Waals surface area contributed by atoms with Crippen LogP contribution in [0.2, 0.25) is 0 Å². The van der Waals surface area contributed by atoms with Crippen LogP contribution in [0.3, 0.4) is 0 Å². The molecule has 0 atom stereocenters. The third kappa shape index (κ3) is 6.22. The van der Waals surface area contributed by atoms with Crippen molar-refractivity contribution >= 4 is 53.5 Å². The van der Waals surface area contributed by atoms with Crippen molar-refractivity contribution in [1.82, 2.24) is 14.9 Å². The van der Waals surface area contributed by atoms with Gasteiger partial charge in [-0.3, -0.25) is 4.79 Å². The van der Waals surface area contributed by atoms with Crippen molar-refractivity contribution in [3.63, 3.8) is 0 Å². The highest BCUT2D eigenvalue weighted by atomic mass is 35.5. The second-order valence-electron chi connectivity index (χ2n) is 4.88. The first-order valence-corrected chi connectivity index (χ1v) is 8.55. The van der Waals surface area contributed by atoms with Gasteiger partial charge in [0.1, 0.15) is 12.4 Å². The third-order valence-electron chi connectivity index (χ3n) is 3.26. The summed E-state index contributed by atoms with van der Waals surface area (Å²) in [5.74, 6) is 1.77. The number of para-hydroxylation sites is 2. The molecular formula is C15H24Cl2N4OS. The van der Waals surface area contributed by atoms with Crippen LogP contribution in [-0.4, -0.2) is 34.8 Å². The number of halogens is 2. The molecule has 0 saturated carbocycles. The van der Waals surface area contributed by atoms with E-state index in [1.807, 2.05) is 35.1 Å². The van der Waals surface area contributed by atoms with Crippen LogP contribution < -0.4 is 11.1 Å². The molecule has 2 rings (SSSR count). The van der Waals surface area contributed by atoms with Gasteiger partial charge >= 0.3 is 0 Å². The maximum atomic E-state index is 12.1. The smallest absolute Gasteiger partial charge is 0.240 e. The molecule has 0 unspecified atom stereocenters. The molecule has 0 aliphatic heterocycles. The van der Waals surface area contributed by atoms with Crippen molar-refractivity contribution in [2.75, 3.05) is 19.3 Å². The second kappa shape index (κ2) is 11.6. The molecule has 5 nitrogen and oxygen atoms in total. The molecule has 0 radical (unpaired) electrons. The van der Waals surface area contributed by atoms with Gasteiger partial charge in [-0.1, -0.05) is 12.1 Å². The van der Waals surface area contributed by atoms with Gasteiger partial charge in [0.05, 0.1) is 16.8 Å². The highest BCUT2D eigenvalue weighted by Crippen LogP contribution is 2.18. The number of thioether (sulfide) groups is 1. The predicted octanol–water partition coefficient (Wildman–Crippen LogP) is 2.60. The van der Waals surface area contributed by atoms with Gasteiger partial charge in [-0.25, -0.2) is 4.98 Å². The molecular weight excluding hydrogens is 355 g/mol. The Morgan fingerprint density at radius 2 is 2.04 bits per heavy atom. The molecule has 0 bridgehead atoms. The first-order chi connectivity index (χ1) is 10.3. The number of nitrogens with two attached hydrogens (primary N) is 1. The molecule has 2 aromatic rings. The number of benzene rings is 1. The lowest BCUT2D eigenvalue weighted by Gasteiger charge is -2.09. The monoisotopic (exact) mass is 378 g/mol. The van der Waals surface area contributed by atoms with Crippen LogP contribution in [0.5, 0.6) is 0 Å². The minimum atomic E-state index is 0. The molecule has 23 heavy (non-hydrogen) atoms. The molecule has 0 aliphatic rings. The quantitative estimate of drug-likeness (QED) is 0.692. The number of rotatable bonds is 8. The number of unbranched alkanes of at least 4 members (excludes halogenated alkanes) is 1. The van der Waals surface area contributed by atoms with Crippen molar-refractivity contribution < 1.29 is 4.79 Å². The van der Waals surface area contributed by atoms with Crippen LogP contribution in [0, 0.1) is 0 Å². The lowest BCUT2D eigenvalue weighted by atomic mass is 10.3. The number of nitrogens with one attached hydrogen (secondary N) is 1. The van der Waals surface area contributed by atoms with Crippen LogP contribution >= 0.6 is 36.6 Å². The summed E-state index contributed by atoms with van der Waals surface area (Å²) in [5, 5.41) is 2.94. The van der Waals surface area contributed by atoms with Crippen LogP contribution in [0.25, 0.3) is 11.0 Å². The molecule has 3 N–H and O–H groups in total. The normalized spacial score (nSPS) is 10.0. The molecule has 0 spiro atoms. The largest absolute Gasteiger partial charge is 0.355 e. The van der Waals surface area contributed by atoms with E-state index < -0.39 is 0 Å². The standard InChI is InChI=1S/C15H22N4OS.2ClH/c1-21-11-14-18-12-6-2-3-7-13(12)19(14)10-15(20)17-9-5-4-8-16;;/h2-3,6-7H,4-5,8-11,16H2,1H3,(H,17,20);2*1H. The Balaban J connectivity index is 0.00000242. The number of imidazole rings is 1. The summed E-state index contributed by atoms with van der Waals surface area (Å²) < 4.78 is 2.00. The number of aromatic nitrogens is 2. The number of nitrogens with zero attached hydrogens (tertiary/aromatic N) is 2. The molecule has 0 saturated heterocycles. The minimum absolute atomic E-state index is 0. The zero-order valence-electron chi connectivity index (χ0n) is 13.2. The molecule has 1 heterocycles. The predicted molar refractivity (Wildman–Crippen MR) is 103 cm³/mol. The Kier molecular flexibility index (Phi) is 11.1. The number of carbonyl (C=O) groups is 1. The van der Waals surface area contributed by atoms with E-state index in [-0.39, 0.29) is 30.7 Å². The summed E-state index contributed by atoms with van der Waals surface area (Å²) in [6, 6.07) is 7.93. The van der Waals surface area contributed by atoms with Gasteiger partial charge in [0.25, 0.3) is 0 Å². The fourth-order valence-electron chi connectivity index (χ4n) is 2.24. The summed E-state index contributed by atoms with van der Waals surface area (Å²) >= 11 is 1.71. The molecule has 1 aromatic heterocycles. The first kappa shape index (κ1) is 22.1. The highest BCUT2D eigenvalue weighted by molar-refractivity contribution is 7.97. The van der Waals surface area contributed by atoms with Crippen molar-refractivity contribution in [2.45, 2.75) is 25.1 Å². The van der Waals surface area contributed by atoms with Gasteiger partial charge in [-0.05, 0) is 37.8 Å². The van der Waals surface area contributed by atoms with E-state index in [1.165, 1.54) is 0 Å². The van der Waals surface area contributed by atoms with E-state index in [0.29, 0.717) is 19.6 Å². The van der Waals surface area contributed by atoms with E-state index in [0.717, 1.165) is 35.5 Å². The van der Waals surface area contributed by atoms with Crippen molar-refractivity contribution in [1.29, 1.82) is 0 Å².